The molecule has 0 bridgehead atoms. The van der Waals surface area contributed by atoms with Gasteiger partial charge < -0.3 is 0 Å². The molecule has 0 radical (unpaired) electrons. The van der Waals surface area contributed by atoms with E-state index in [0.717, 1.165) is 5.30 Å². The van der Waals surface area contributed by atoms with Crippen molar-refractivity contribution in [1.29, 1.82) is 0 Å². The summed E-state index contributed by atoms with van der Waals surface area (Å²) in [5.41, 5.74) is 0. The first-order valence-corrected chi connectivity index (χ1v) is 6.68. The zero-order valence-corrected chi connectivity index (χ0v) is 10.6. The lowest BCUT2D eigenvalue weighted by Crippen LogP contribution is -2.08. The monoisotopic (exact) mass is 269 g/mol. The Balaban J connectivity index is 2.50. The zero-order chi connectivity index (χ0) is 11.5. The maximum absolute atomic E-state index is 12.3. The molecule has 1 atom stereocenters. The van der Waals surface area contributed by atoms with Gasteiger partial charge in [-0.3, -0.25) is 0 Å². The predicted octanol–water partition coefficient (Wildman–Crippen LogP) is 3.77. The van der Waals surface area contributed by atoms with Crippen LogP contribution in [0, 0.1) is 0 Å². The van der Waals surface area contributed by atoms with Crippen LogP contribution in [0.1, 0.15) is 0 Å². The third-order valence-corrected chi connectivity index (χ3v) is 4.68. The van der Waals surface area contributed by atoms with Crippen LogP contribution in [0.2, 0.25) is 10.0 Å². The minimum atomic E-state index is -1.73. The number of rotatable bonds is 2. The molecule has 2 aromatic carbocycles. The maximum atomic E-state index is 12.3. The van der Waals surface area contributed by atoms with Gasteiger partial charge in [-0.1, -0.05) is 52.0 Å². The SMILES string of the molecule is O=[P+](c1ccccc1)c1c(Cl)cccc1Cl. The van der Waals surface area contributed by atoms with Gasteiger partial charge in [-0.15, -0.1) is 0 Å². The van der Waals surface area contributed by atoms with Crippen molar-refractivity contribution in [2.45, 2.75) is 0 Å². The van der Waals surface area contributed by atoms with E-state index >= 15 is 0 Å². The van der Waals surface area contributed by atoms with Crippen molar-refractivity contribution in [2.24, 2.45) is 0 Å². The van der Waals surface area contributed by atoms with Gasteiger partial charge in [-0.25, -0.2) is 0 Å². The summed E-state index contributed by atoms with van der Waals surface area (Å²) in [7, 11) is -1.73. The van der Waals surface area contributed by atoms with Gasteiger partial charge in [0.05, 0.1) is 10.0 Å². The van der Waals surface area contributed by atoms with Crippen molar-refractivity contribution in [3.8, 4) is 0 Å². The maximum Gasteiger partial charge on any atom is 0.418 e. The summed E-state index contributed by atoms with van der Waals surface area (Å²) in [5, 5.41) is 2.12. The van der Waals surface area contributed by atoms with Crippen molar-refractivity contribution in [1.82, 2.24) is 0 Å². The largest absolute Gasteiger partial charge is 0.418 e. The fourth-order valence-corrected chi connectivity index (χ4v) is 3.47. The van der Waals surface area contributed by atoms with E-state index in [1.54, 1.807) is 30.3 Å². The smallest absolute Gasteiger partial charge is 0.0793 e. The fourth-order valence-electron chi connectivity index (χ4n) is 1.38. The molecule has 0 aliphatic carbocycles. The van der Waals surface area contributed by atoms with Gasteiger partial charge in [0.1, 0.15) is 0 Å². The van der Waals surface area contributed by atoms with E-state index in [4.69, 9.17) is 23.2 Å². The minimum Gasteiger partial charge on any atom is -0.0793 e. The highest BCUT2D eigenvalue weighted by molar-refractivity contribution is 7.62. The van der Waals surface area contributed by atoms with Crippen molar-refractivity contribution >= 4 is 41.6 Å². The van der Waals surface area contributed by atoms with Crippen LogP contribution in [0.4, 0.5) is 0 Å². The third kappa shape index (κ3) is 2.27. The minimum absolute atomic E-state index is 0.442. The lowest BCUT2D eigenvalue weighted by atomic mass is 10.4. The van der Waals surface area contributed by atoms with Gasteiger partial charge >= 0.3 is 7.80 Å². The van der Waals surface area contributed by atoms with Crippen molar-refractivity contribution in [2.75, 3.05) is 0 Å². The van der Waals surface area contributed by atoms with Gasteiger partial charge in [0.2, 0.25) is 5.30 Å². The Morgan fingerprint density at radius 1 is 0.812 bits per heavy atom. The molecule has 0 fully saturated rings. The first-order chi connectivity index (χ1) is 7.70. The number of benzene rings is 2. The van der Waals surface area contributed by atoms with Gasteiger partial charge in [0, 0.05) is 0 Å². The number of halogens is 2. The average molecular weight is 270 g/mol. The average Bonchev–Trinajstić information content (AvgIpc) is 2.30. The highest BCUT2D eigenvalue weighted by Crippen LogP contribution is 2.28. The molecule has 0 spiro atoms. The van der Waals surface area contributed by atoms with Crippen molar-refractivity contribution in [3.05, 3.63) is 58.6 Å². The molecule has 1 unspecified atom stereocenters. The fraction of sp³-hybridized carbons (Fsp3) is 0. The van der Waals surface area contributed by atoms with E-state index in [0.29, 0.717) is 15.3 Å². The van der Waals surface area contributed by atoms with Gasteiger partial charge in [-0.05, 0) is 24.3 Å². The van der Waals surface area contributed by atoms with Crippen molar-refractivity contribution < 1.29 is 4.57 Å². The molecule has 0 aliphatic rings. The Bertz CT molecular complexity index is 506. The summed E-state index contributed by atoms with van der Waals surface area (Å²) in [6.45, 7) is 0. The molecule has 2 rings (SSSR count). The molecule has 0 saturated heterocycles. The highest BCUT2D eigenvalue weighted by atomic mass is 35.5. The second-order valence-corrected chi connectivity index (χ2v) is 5.57. The van der Waals surface area contributed by atoms with Gasteiger partial charge in [-0.2, -0.15) is 0 Å². The van der Waals surface area contributed by atoms with Crippen LogP contribution in [0.5, 0.6) is 0 Å². The normalized spacial score (nSPS) is 11.2. The van der Waals surface area contributed by atoms with Crippen LogP contribution in [-0.4, -0.2) is 0 Å². The quantitative estimate of drug-likeness (QED) is 0.759. The topological polar surface area (TPSA) is 17.1 Å². The van der Waals surface area contributed by atoms with Gasteiger partial charge in [0.25, 0.3) is 0 Å². The van der Waals surface area contributed by atoms with Crippen LogP contribution < -0.4 is 10.6 Å². The van der Waals surface area contributed by atoms with E-state index in [1.165, 1.54) is 0 Å². The molecule has 0 saturated carbocycles. The van der Waals surface area contributed by atoms with Crippen molar-refractivity contribution in [3.63, 3.8) is 0 Å². The Morgan fingerprint density at radius 3 is 1.94 bits per heavy atom. The molecule has 0 heterocycles. The Hall–Kier alpha value is -0.880. The van der Waals surface area contributed by atoms with Crippen LogP contribution in [0.3, 0.4) is 0 Å². The molecular formula is C12H8Cl2OP+. The summed E-state index contributed by atoms with van der Waals surface area (Å²) < 4.78 is 12.3. The summed E-state index contributed by atoms with van der Waals surface area (Å²) >= 11 is 12.0. The summed E-state index contributed by atoms with van der Waals surface area (Å²) in [4.78, 5) is 0. The molecule has 0 aliphatic heterocycles. The lowest BCUT2D eigenvalue weighted by Gasteiger charge is -1.95. The van der Waals surface area contributed by atoms with Crippen LogP contribution in [0.15, 0.2) is 48.5 Å². The Morgan fingerprint density at radius 2 is 1.38 bits per heavy atom. The lowest BCUT2D eigenvalue weighted by molar-refractivity contribution is 0.598. The van der Waals surface area contributed by atoms with E-state index in [2.05, 4.69) is 0 Å². The molecule has 0 N–H and O–H groups in total. The molecule has 0 amide bonds. The first-order valence-electron chi connectivity index (χ1n) is 4.66. The van der Waals surface area contributed by atoms with E-state index in [-0.39, 0.29) is 0 Å². The number of hydrogen-bond acceptors (Lipinski definition) is 1. The second kappa shape index (κ2) is 4.97. The molecule has 0 aromatic heterocycles. The predicted molar refractivity (Wildman–Crippen MR) is 69.8 cm³/mol. The Kier molecular flexibility index (Phi) is 3.60. The van der Waals surface area contributed by atoms with Crippen LogP contribution in [0.25, 0.3) is 0 Å². The second-order valence-electron chi connectivity index (χ2n) is 3.20. The molecule has 80 valence electrons. The third-order valence-electron chi connectivity index (χ3n) is 2.13. The molecule has 1 nitrogen and oxygen atoms in total. The zero-order valence-electron chi connectivity index (χ0n) is 8.23. The Labute approximate surface area is 105 Å². The standard InChI is InChI=1S/C12H8Cl2OP/c13-10-7-4-8-11(14)12(10)16(15)9-5-2-1-3-6-9/h1-8H/q+1. The van der Waals surface area contributed by atoms with Crippen LogP contribution >= 0.6 is 31.0 Å². The summed E-state index contributed by atoms with van der Waals surface area (Å²) in [5.74, 6) is 0. The molecule has 4 heteroatoms. The summed E-state index contributed by atoms with van der Waals surface area (Å²) in [6, 6.07) is 14.3. The van der Waals surface area contributed by atoms with E-state index < -0.39 is 7.80 Å². The summed E-state index contributed by atoms with van der Waals surface area (Å²) in [6.07, 6.45) is 0. The van der Waals surface area contributed by atoms with Gasteiger partial charge in [0.15, 0.2) is 5.30 Å². The highest BCUT2D eigenvalue weighted by Gasteiger charge is 2.29. The molecule has 16 heavy (non-hydrogen) atoms. The molecule has 2 aromatic rings. The first kappa shape index (κ1) is 11.6. The molecular weight excluding hydrogens is 262 g/mol. The van der Waals surface area contributed by atoms with E-state index in [1.807, 2.05) is 18.2 Å². The van der Waals surface area contributed by atoms with Crippen LogP contribution in [-0.2, 0) is 4.57 Å². The van der Waals surface area contributed by atoms with E-state index in [9.17, 15) is 4.57 Å². The number of hydrogen-bond donors (Lipinski definition) is 0.